The quantitative estimate of drug-likeness (QED) is 0.156. The Hall–Kier alpha value is -4.20. The summed E-state index contributed by atoms with van der Waals surface area (Å²) < 4.78 is 43.1. The van der Waals surface area contributed by atoms with Gasteiger partial charge in [-0.1, -0.05) is 64.5 Å². The van der Waals surface area contributed by atoms with Crippen LogP contribution in [-0.4, -0.2) is 22.6 Å². The van der Waals surface area contributed by atoms with Crippen LogP contribution in [0.25, 0.3) is 0 Å². The molecule has 0 fully saturated rings. The number of amidine groups is 1. The molecule has 2 aliphatic heterocycles. The molecule has 0 saturated carbocycles. The number of aromatic hydroxyl groups is 1. The zero-order chi connectivity index (χ0) is 28.4. The van der Waals surface area contributed by atoms with Crippen LogP contribution in [-0.2, 0) is 17.5 Å². The minimum absolute atomic E-state index is 0.144. The van der Waals surface area contributed by atoms with Crippen LogP contribution in [0, 0.1) is 0 Å². The molecule has 0 aliphatic carbocycles. The highest BCUT2D eigenvalue weighted by molar-refractivity contribution is 9.10. The molecular formula is C31H26BrN2O6P. The van der Waals surface area contributed by atoms with E-state index >= 15 is 0 Å². The third kappa shape index (κ3) is 5.82. The summed E-state index contributed by atoms with van der Waals surface area (Å²) in [6.07, 6.45) is 2.09. The minimum atomic E-state index is -4.15. The fourth-order valence-corrected chi connectivity index (χ4v) is 6.66. The molecule has 1 atom stereocenters. The maximum atomic E-state index is 14.4. The molecule has 41 heavy (non-hydrogen) atoms. The van der Waals surface area contributed by atoms with Gasteiger partial charge in [-0.05, 0) is 65.2 Å². The van der Waals surface area contributed by atoms with E-state index in [1.165, 1.54) is 0 Å². The van der Waals surface area contributed by atoms with Gasteiger partial charge in [0.2, 0.25) is 6.79 Å². The predicted molar refractivity (Wildman–Crippen MR) is 160 cm³/mol. The van der Waals surface area contributed by atoms with E-state index in [4.69, 9.17) is 23.3 Å². The molecule has 0 amide bonds. The van der Waals surface area contributed by atoms with Crippen molar-refractivity contribution in [2.24, 2.45) is 4.76 Å². The third-order valence-electron chi connectivity index (χ3n) is 6.74. The Morgan fingerprint density at radius 1 is 0.976 bits per heavy atom. The molecule has 1 unspecified atom stereocenters. The van der Waals surface area contributed by atoms with Crippen molar-refractivity contribution < 1.29 is 28.2 Å². The van der Waals surface area contributed by atoms with Crippen molar-refractivity contribution in [3.05, 3.63) is 125 Å². The highest BCUT2D eigenvalue weighted by Gasteiger charge is 2.36. The number of hydrogen-bond donors (Lipinski definition) is 1. The molecule has 4 aromatic carbocycles. The number of benzene rings is 4. The van der Waals surface area contributed by atoms with E-state index in [2.05, 4.69) is 22.5 Å². The summed E-state index contributed by atoms with van der Waals surface area (Å²) in [5.74, 6) is 2.64. The number of hydrogen-bond acceptors (Lipinski definition) is 6. The second-order valence-electron chi connectivity index (χ2n) is 9.46. The van der Waals surface area contributed by atoms with Crippen molar-refractivity contribution in [3.63, 3.8) is 0 Å². The molecule has 1 N–H and O–H groups in total. The Balaban J connectivity index is 1.46. The summed E-state index contributed by atoms with van der Waals surface area (Å²) in [7, 11) is -4.15. The number of para-hydroxylation sites is 2. The summed E-state index contributed by atoms with van der Waals surface area (Å²) in [6.45, 7) is 4.58. The Morgan fingerprint density at radius 3 is 2.24 bits per heavy atom. The average molecular weight is 633 g/mol. The van der Waals surface area contributed by atoms with Crippen molar-refractivity contribution in [1.29, 1.82) is 0 Å². The number of phenolic OH excluding ortho intramolecular Hbond substituents is 1. The summed E-state index contributed by atoms with van der Waals surface area (Å²) in [5.41, 5.74) is 2.68. The fourth-order valence-electron chi connectivity index (χ4n) is 4.85. The standard InChI is InChI=1S/C31H26BrN2O6P/c1-2-28-26-17-23(35)14-13-21(26)16-31(34(28)19-22-15-29-30(18-27(22)32)38-20-37-29)33-41(36,39-24-9-5-3-6-10-24)40-25-11-7-4-8-12-25/h2-15,17-18,28,35H,1,16,19-20H2/b33-31-. The van der Waals surface area contributed by atoms with Crippen LogP contribution in [0.3, 0.4) is 0 Å². The zero-order valence-corrected chi connectivity index (χ0v) is 24.3. The number of fused-ring (bicyclic) bond motifs is 2. The molecule has 2 aliphatic rings. The molecular weight excluding hydrogens is 607 g/mol. The highest BCUT2D eigenvalue weighted by atomic mass is 79.9. The lowest BCUT2D eigenvalue weighted by molar-refractivity contribution is 0.174. The Bertz CT molecular complexity index is 1620. The smallest absolute Gasteiger partial charge is 0.508 e. The Labute approximate surface area is 246 Å². The van der Waals surface area contributed by atoms with Gasteiger partial charge in [-0.25, -0.2) is 4.57 Å². The largest absolute Gasteiger partial charge is 0.564 e. The fraction of sp³-hybridized carbons (Fsp3) is 0.129. The van der Waals surface area contributed by atoms with Crippen molar-refractivity contribution in [2.75, 3.05) is 6.79 Å². The lowest BCUT2D eigenvalue weighted by Crippen LogP contribution is -2.39. The number of rotatable bonds is 8. The lowest BCUT2D eigenvalue weighted by Gasteiger charge is -2.38. The first-order valence-corrected chi connectivity index (χ1v) is 15.2. The van der Waals surface area contributed by atoms with E-state index < -0.39 is 13.8 Å². The molecule has 0 bridgehead atoms. The predicted octanol–water partition coefficient (Wildman–Crippen LogP) is 7.83. The van der Waals surface area contributed by atoms with E-state index in [1.807, 2.05) is 35.2 Å². The first-order chi connectivity index (χ1) is 19.9. The Kier molecular flexibility index (Phi) is 7.47. The molecule has 208 valence electrons. The number of phenols is 1. The summed E-state index contributed by atoms with van der Waals surface area (Å²) in [4.78, 5) is 1.98. The lowest BCUT2D eigenvalue weighted by atomic mass is 9.91. The van der Waals surface area contributed by atoms with Crippen LogP contribution >= 0.6 is 23.7 Å². The van der Waals surface area contributed by atoms with Crippen LogP contribution in [0.15, 0.2) is 113 Å². The van der Waals surface area contributed by atoms with E-state index in [0.29, 0.717) is 41.8 Å². The van der Waals surface area contributed by atoms with E-state index in [-0.39, 0.29) is 12.5 Å². The normalized spacial score (nSPS) is 16.8. The second kappa shape index (κ2) is 11.4. The summed E-state index contributed by atoms with van der Waals surface area (Å²) in [5, 5.41) is 10.3. The molecule has 0 saturated heterocycles. The van der Waals surface area contributed by atoms with E-state index in [9.17, 15) is 9.67 Å². The second-order valence-corrected chi connectivity index (χ2v) is 11.8. The van der Waals surface area contributed by atoms with Gasteiger partial charge in [-0.3, -0.25) is 0 Å². The molecule has 0 radical (unpaired) electrons. The number of ether oxygens (including phenoxy) is 2. The van der Waals surface area contributed by atoms with Crippen molar-refractivity contribution in [2.45, 2.75) is 19.0 Å². The average Bonchev–Trinajstić information content (AvgIpc) is 3.41. The van der Waals surface area contributed by atoms with Crippen molar-refractivity contribution >= 4 is 29.5 Å². The van der Waals surface area contributed by atoms with Crippen molar-refractivity contribution in [3.8, 4) is 28.7 Å². The molecule has 0 spiro atoms. The van der Waals surface area contributed by atoms with Crippen LogP contribution < -0.4 is 18.5 Å². The molecule has 0 aromatic heterocycles. The van der Waals surface area contributed by atoms with Crippen LogP contribution in [0.1, 0.15) is 22.7 Å². The SMILES string of the molecule is C=CC1c2cc(O)ccc2C/C(=N/P(=O)(Oc2ccccc2)Oc2ccccc2)N1Cc1cc2c(cc1Br)OCO2. The topological polar surface area (TPSA) is 89.8 Å². The van der Waals surface area contributed by atoms with Gasteiger partial charge < -0.3 is 28.5 Å². The van der Waals surface area contributed by atoms with Gasteiger partial charge in [-0.2, -0.15) is 0 Å². The maximum absolute atomic E-state index is 14.4. The van der Waals surface area contributed by atoms with Crippen LogP contribution in [0.5, 0.6) is 28.7 Å². The minimum Gasteiger partial charge on any atom is -0.508 e. The Morgan fingerprint density at radius 2 is 1.61 bits per heavy atom. The zero-order valence-electron chi connectivity index (χ0n) is 21.9. The maximum Gasteiger partial charge on any atom is 0.564 e. The van der Waals surface area contributed by atoms with Crippen molar-refractivity contribution in [1.82, 2.24) is 4.90 Å². The first kappa shape index (κ1) is 27.0. The van der Waals surface area contributed by atoms with Crippen LogP contribution in [0.4, 0.5) is 0 Å². The number of halogens is 1. The van der Waals surface area contributed by atoms with Gasteiger partial charge in [0.1, 0.15) is 23.1 Å². The van der Waals surface area contributed by atoms with Gasteiger partial charge in [0.25, 0.3) is 0 Å². The molecule has 10 heteroatoms. The van der Waals surface area contributed by atoms with Gasteiger partial charge in [-0.15, -0.1) is 11.3 Å². The number of nitrogens with zero attached hydrogens (tertiary/aromatic N) is 2. The van der Waals surface area contributed by atoms with Gasteiger partial charge >= 0.3 is 7.75 Å². The van der Waals surface area contributed by atoms with E-state index in [0.717, 1.165) is 21.2 Å². The molecule has 2 heterocycles. The van der Waals surface area contributed by atoms with Gasteiger partial charge in [0, 0.05) is 17.4 Å². The third-order valence-corrected chi connectivity index (χ3v) is 8.83. The van der Waals surface area contributed by atoms with Gasteiger partial charge in [0.15, 0.2) is 11.5 Å². The highest BCUT2D eigenvalue weighted by Crippen LogP contribution is 2.51. The monoisotopic (exact) mass is 632 g/mol. The molecule has 4 aromatic rings. The molecule has 8 nitrogen and oxygen atoms in total. The molecule has 6 rings (SSSR count). The first-order valence-electron chi connectivity index (χ1n) is 12.9. The van der Waals surface area contributed by atoms with Crippen LogP contribution in [0.2, 0.25) is 0 Å². The summed E-state index contributed by atoms with van der Waals surface area (Å²) in [6, 6.07) is 26.2. The van der Waals surface area contributed by atoms with E-state index in [1.54, 1.807) is 66.7 Å². The van der Waals surface area contributed by atoms with Gasteiger partial charge in [0.05, 0.1) is 6.04 Å². The summed E-state index contributed by atoms with van der Waals surface area (Å²) >= 11 is 3.66.